The molecule has 114 valence electrons. The Morgan fingerprint density at radius 3 is 2.87 bits per heavy atom. The van der Waals surface area contributed by atoms with Gasteiger partial charge in [0.25, 0.3) is 0 Å². The third-order valence-electron chi connectivity index (χ3n) is 4.28. The lowest BCUT2D eigenvalue weighted by atomic mass is 9.95. The van der Waals surface area contributed by atoms with Crippen LogP contribution in [0, 0.1) is 0 Å². The number of ether oxygens (including phenoxy) is 3. The van der Waals surface area contributed by atoms with Crippen LogP contribution in [0.1, 0.15) is 28.4 Å². The molecule has 0 aliphatic carbocycles. The van der Waals surface area contributed by atoms with E-state index in [-0.39, 0.29) is 18.7 Å². The molecule has 0 bridgehead atoms. The number of ketones is 1. The van der Waals surface area contributed by atoms with E-state index in [2.05, 4.69) is 0 Å². The van der Waals surface area contributed by atoms with Crippen LogP contribution in [-0.4, -0.2) is 12.6 Å². The quantitative estimate of drug-likeness (QED) is 0.683. The van der Waals surface area contributed by atoms with Gasteiger partial charge in [-0.25, -0.2) is 0 Å². The monoisotopic (exact) mass is 308 g/mol. The minimum absolute atomic E-state index is 0.0483. The van der Waals surface area contributed by atoms with Crippen LogP contribution < -0.4 is 14.2 Å². The van der Waals surface area contributed by atoms with Gasteiger partial charge in [-0.2, -0.15) is 0 Å². The van der Waals surface area contributed by atoms with E-state index in [1.807, 2.05) is 30.3 Å². The Hall–Kier alpha value is -2.95. The lowest BCUT2D eigenvalue weighted by Crippen LogP contribution is -2.20. The fraction of sp³-hybridized carbons (Fsp3) is 0.167. The van der Waals surface area contributed by atoms with Gasteiger partial charge in [0, 0.05) is 5.39 Å². The summed E-state index contributed by atoms with van der Waals surface area (Å²) in [5, 5.41) is 0.919. The number of hydrogen-bond acceptors (Lipinski definition) is 5. The molecule has 2 aromatic carbocycles. The first-order valence-electron chi connectivity index (χ1n) is 7.39. The molecule has 0 spiro atoms. The molecule has 0 saturated heterocycles. The van der Waals surface area contributed by atoms with E-state index in [0.717, 1.165) is 10.9 Å². The topological polar surface area (TPSA) is 57.9 Å². The summed E-state index contributed by atoms with van der Waals surface area (Å²) in [6, 6.07) is 11.1. The molecule has 5 nitrogen and oxygen atoms in total. The van der Waals surface area contributed by atoms with Gasteiger partial charge in [-0.15, -0.1) is 0 Å². The van der Waals surface area contributed by atoms with Crippen molar-refractivity contribution in [1.82, 2.24) is 0 Å². The number of carbonyl (C=O) groups excluding carboxylic acids is 1. The minimum Gasteiger partial charge on any atom is -0.481 e. The molecule has 2 aliphatic heterocycles. The molecular weight excluding hydrogens is 296 g/mol. The molecule has 5 heteroatoms. The molecule has 3 heterocycles. The maximum atomic E-state index is 12.5. The van der Waals surface area contributed by atoms with Crippen molar-refractivity contribution in [2.45, 2.75) is 12.5 Å². The highest BCUT2D eigenvalue weighted by Crippen LogP contribution is 2.42. The molecule has 0 fully saturated rings. The SMILES string of the molecule is O=C1CC(c2ccc3c(c2)OCO3)Oc2c1ccc1ccoc21. The maximum Gasteiger partial charge on any atom is 0.231 e. The molecule has 0 saturated carbocycles. The number of carbonyl (C=O) groups is 1. The number of Topliss-reactive ketones (excluding diaryl/α,β-unsaturated/α-hetero) is 1. The number of hydrogen-bond donors (Lipinski definition) is 0. The summed E-state index contributed by atoms with van der Waals surface area (Å²) >= 11 is 0. The van der Waals surface area contributed by atoms with E-state index in [1.165, 1.54) is 0 Å². The van der Waals surface area contributed by atoms with Crippen LogP contribution in [0.3, 0.4) is 0 Å². The second-order valence-corrected chi connectivity index (χ2v) is 5.63. The van der Waals surface area contributed by atoms with Crippen molar-refractivity contribution in [1.29, 1.82) is 0 Å². The van der Waals surface area contributed by atoms with Gasteiger partial charge >= 0.3 is 0 Å². The van der Waals surface area contributed by atoms with Gasteiger partial charge in [-0.3, -0.25) is 4.79 Å². The summed E-state index contributed by atoms with van der Waals surface area (Å²) < 4.78 is 22.3. The molecule has 5 rings (SSSR count). The summed E-state index contributed by atoms with van der Waals surface area (Å²) in [5.74, 6) is 1.96. The zero-order chi connectivity index (χ0) is 15.4. The van der Waals surface area contributed by atoms with E-state index in [1.54, 1.807) is 12.3 Å². The first-order valence-corrected chi connectivity index (χ1v) is 7.39. The van der Waals surface area contributed by atoms with Crippen LogP contribution >= 0.6 is 0 Å². The van der Waals surface area contributed by atoms with Crippen molar-refractivity contribution in [3.8, 4) is 17.2 Å². The zero-order valence-electron chi connectivity index (χ0n) is 12.1. The Kier molecular flexibility index (Phi) is 2.47. The van der Waals surface area contributed by atoms with Crippen LogP contribution in [-0.2, 0) is 0 Å². The van der Waals surface area contributed by atoms with Crippen molar-refractivity contribution < 1.29 is 23.4 Å². The highest BCUT2D eigenvalue weighted by molar-refractivity contribution is 6.04. The van der Waals surface area contributed by atoms with Crippen LogP contribution in [0.2, 0.25) is 0 Å². The zero-order valence-corrected chi connectivity index (χ0v) is 12.1. The summed E-state index contributed by atoms with van der Waals surface area (Å²) in [6.07, 6.45) is 1.53. The van der Waals surface area contributed by atoms with Crippen LogP contribution in [0.15, 0.2) is 47.1 Å². The predicted molar refractivity (Wildman–Crippen MR) is 81.1 cm³/mol. The van der Waals surface area contributed by atoms with E-state index < -0.39 is 0 Å². The molecular formula is C18H12O5. The van der Waals surface area contributed by atoms with Gasteiger partial charge in [-0.1, -0.05) is 12.1 Å². The average molecular weight is 308 g/mol. The predicted octanol–water partition coefficient (Wildman–Crippen LogP) is 3.87. The Morgan fingerprint density at radius 2 is 1.91 bits per heavy atom. The van der Waals surface area contributed by atoms with Gasteiger partial charge in [0.1, 0.15) is 6.10 Å². The summed E-state index contributed by atoms with van der Waals surface area (Å²) in [5.41, 5.74) is 2.07. The summed E-state index contributed by atoms with van der Waals surface area (Å²) in [6.45, 7) is 0.221. The van der Waals surface area contributed by atoms with Crippen LogP contribution in [0.25, 0.3) is 11.0 Å². The van der Waals surface area contributed by atoms with Crippen molar-refractivity contribution in [3.63, 3.8) is 0 Å². The standard InChI is InChI=1S/C18H12O5/c19-13-8-15(11-2-4-14-16(7-11)22-9-21-14)23-18-12(13)3-1-10-5-6-20-17(10)18/h1-7,15H,8-9H2. The summed E-state index contributed by atoms with van der Waals surface area (Å²) in [4.78, 5) is 12.5. The molecule has 1 aromatic heterocycles. The van der Waals surface area contributed by atoms with E-state index in [9.17, 15) is 4.79 Å². The number of fused-ring (bicyclic) bond motifs is 4. The smallest absolute Gasteiger partial charge is 0.231 e. The normalized spacial score (nSPS) is 18.8. The Labute approximate surface area is 131 Å². The minimum atomic E-state index is -0.361. The molecule has 2 aliphatic rings. The van der Waals surface area contributed by atoms with Crippen molar-refractivity contribution in [2.75, 3.05) is 6.79 Å². The van der Waals surface area contributed by atoms with Crippen LogP contribution in [0.4, 0.5) is 0 Å². The summed E-state index contributed by atoms with van der Waals surface area (Å²) in [7, 11) is 0. The number of rotatable bonds is 1. The fourth-order valence-corrected chi connectivity index (χ4v) is 3.10. The third-order valence-corrected chi connectivity index (χ3v) is 4.28. The first kappa shape index (κ1) is 12.6. The highest BCUT2D eigenvalue weighted by atomic mass is 16.7. The molecule has 0 N–H and O–H groups in total. The van der Waals surface area contributed by atoms with Gasteiger partial charge in [-0.05, 0) is 29.8 Å². The second-order valence-electron chi connectivity index (χ2n) is 5.63. The maximum absolute atomic E-state index is 12.5. The van der Waals surface area contributed by atoms with Crippen LogP contribution in [0.5, 0.6) is 17.2 Å². The lowest BCUT2D eigenvalue weighted by molar-refractivity contribution is 0.0850. The van der Waals surface area contributed by atoms with Crippen molar-refractivity contribution >= 4 is 16.8 Å². The number of furan rings is 1. The van der Waals surface area contributed by atoms with Crippen molar-refractivity contribution in [3.05, 3.63) is 53.8 Å². The van der Waals surface area contributed by atoms with E-state index in [0.29, 0.717) is 34.8 Å². The second kappa shape index (κ2) is 4.52. The largest absolute Gasteiger partial charge is 0.481 e. The van der Waals surface area contributed by atoms with Gasteiger partial charge in [0.2, 0.25) is 6.79 Å². The van der Waals surface area contributed by atoms with E-state index >= 15 is 0 Å². The van der Waals surface area contributed by atoms with Gasteiger partial charge < -0.3 is 18.6 Å². The average Bonchev–Trinajstić information content (AvgIpc) is 3.22. The van der Waals surface area contributed by atoms with Crippen molar-refractivity contribution in [2.24, 2.45) is 0 Å². The third kappa shape index (κ3) is 1.83. The fourth-order valence-electron chi connectivity index (χ4n) is 3.10. The molecule has 0 radical (unpaired) electrons. The molecule has 1 atom stereocenters. The Balaban J connectivity index is 1.59. The van der Waals surface area contributed by atoms with E-state index in [4.69, 9.17) is 18.6 Å². The number of benzene rings is 2. The highest BCUT2D eigenvalue weighted by Gasteiger charge is 2.31. The molecule has 1 unspecified atom stereocenters. The molecule has 23 heavy (non-hydrogen) atoms. The van der Waals surface area contributed by atoms with Gasteiger partial charge in [0.15, 0.2) is 28.6 Å². The molecule has 0 amide bonds. The Bertz CT molecular complexity index is 940. The van der Waals surface area contributed by atoms with Gasteiger partial charge in [0.05, 0.1) is 18.2 Å². The first-order chi connectivity index (χ1) is 11.3. The molecule has 3 aromatic rings. The Morgan fingerprint density at radius 1 is 1.00 bits per heavy atom. The lowest BCUT2D eigenvalue weighted by Gasteiger charge is -2.25.